The van der Waals surface area contributed by atoms with Crippen LogP contribution in [0.3, 0.4) is 0 Å². The third-order valence-corrected chi connectivity index (χ3v) is 6.63. The number of nitrogens with one attached hydrogen (secondary N) is 1. The Hall–Kier alpha value is -3.85. The predicted octanol–water partition coefficient (Wildman–Crippen LogP) is 4.12. The highest BCUT2D eigenvalue weighted by Crippen LogP contribution is 2.39. The summed E-state index contributed by atoms with van der Waals surface area (Å²) in [6, 6.07) is 11.3. The number of hydrogen-bond donors (Lipinski definition) is 2. The van der Waals surface area contributed by atoms with Crippen LogP contribution in [0.5, 0.6) is 5.75 Å². The van der Waals surface area contributed by atoms with Crippen LogP contribution in [0.2, 0.25) is 0 Å². The number of carbonyl (C=O) groups is 2. The Morgan fingerprint density at radius 3 is 2.82 bits per heavy atom. The number of methoxy groups -OCH3 is 1. The number of nitrogens with two attached hydrogens (primary N) is 1. The summed E-state index contributed by atoms with van der Waals surface area (Å²) in [5.41, 5.74) is 9.73. The first-order chi connectivity index (χ1) is 16.5. The molecule has 34 heavy (non-hydrogen) atoms. The standard InChI is InChI=1S/C25H26N4O4S/c1-32-19-7-4-17(5-8-19)11-14-33-25(31)29-13-10-20-21(16-29)34-24(23(20)26)28-22(30)9-6-18-3-2-12-27-15-18/h2-9,12,15H,10-11,13-14,16,26H2,1H3,(H,28,30)/b9-6+. The second-order valence-corrected chi connectivity index (χ2v) is 8.84. The average Bonchev–Trinajstić information content (AvgIpc) is 3.18. The van der Waals surface area contributed by atoms with Crippen molar-refractivity contribution in [1.29, 1.82) is 0 Å². The number of benzene rings is 1. The highest BCUT2D eigenvalue weighted by molar-refractivity contribution is 7.17. The summed E-state index contributed by atoms with van der Waals surface area (Å²) in [5, 5.41) is 3.44. The largest absolute Gasteiger partial charge is 0.497 e. The van der Waals surface area contributed by atoms with E-state index in [4.69, 9.17) is 15.2 Å². The minimum absolute atomic E-state index is 0.274. The number of carbonyl (C=O) groups excluding carboxylic acids is 2. The number of nitrogens with zero attached hydrogens (tertiary/aromatic N) is 2. The van der Waals surface area contributed by atoms with Gasteiger partial charge in [0.25, 0.3) is 0 Å². The normalized spacial score (nSPS) is 12.9. The van der Waals surface area contributed by atoms with E-state index in [-0.39, 0.29) is 12.0 Å². The fraction of sp³-hybridized carbons (Fsp3) is 0.240. The maximum Gasteiger partial charge on any atom is 0.410 e. The number of anilines is 2. The summed E-state index contributed by atoms with van der Waals surface area (Å²) in [6.07, 6.45) is 7.38. The Bertz CT molecular complexity index is 1180. The van der Waals surface area contributed by atoms with Crippen molar-refractivity contribution in [2.45, 2.75) is 19.4 Å². The van der Waals surface area contributed by atoms with Crippen LogP contribution < -0.4 is 15.8 Å². The van der Waals surface area contributed by atoms with Crippen molar-refractivity contribution in [3.05, 3.63) is 76.4 Å². The van der Waals surface area contributed by atoms with Gasteiger partial charge in [-0.05, 0) is 47.4 Å². The molecule has 3 heterocycles. The molecule has 0 atom stereocenters. The molecule has 8 nitrogen and oxygen atoms in total. The maximum atomic E-state index is 12.6. The van der Waals surface area contributed by atoms with Gasteiger partial charge < -0.3 is 25.4 Å². The van der Waals surface area contributed by atoms with E-state index in [0.717, 1.165) is 27.3 Å². The van der Waals surface area contributed by atoms with Crippen molar-refractivity contribution in [3.8, 4) is 5.75 Å². The van der Waals surface area contributed by atoms with Crippen molar-refractivity contribution in [2.75, 3.05) is 31.3 Å². The number of aromatic nitrogens is 1. The van der Waals surface area contributed by atoms with E-state index < -0.39 is 0 Å². The van der Waals surface area contributed by atoms with Gasteiger partial charge in [-0.1, -0.05) is 18.2 Å². The number of pyridine rings is 1. The molecule has 3 N–H and O–H groups in total. The molecule has 2 aromatic heterocycles. The minimum atomic E-state index is -0.351. The first kappa shape index (κ1) is 23.3. The van der Waals surface area contributed by atoms with Gasteiger partial charge in [-0.3, -0.25) is 9.78 Å². The van der Waals surface area contributed by atoms with E-state index in [0.29, 0.717) is 43.2 Å². The summed E-state index contributed by atoms with van der Waals surface area (Å²) in [4.78, 5) is 31.5. The van der Waals surface area contributed by atoms with Gasteiger partial charge in [0.2, 0.25) is 5.91 Å². The van der Waals surface area contributed by atoms with Gasteiger partial charge in [-0.25, -0.2) is 4.79 Å². The number of hydrogen-bond acceptors (Lipinski definition) is 7. The highest BCUT2D eigenvalue weighted by Gasteiger charge is 2.27. The molecule has 1 aliphatic heterocycles. The first-order valence-electron chi connectivity index (χ1n) is 10.9. The monoisotopic (exact) mass is 478 g/mol. The lowest BCUT2D eigenvalue weighted by Crippen LogP contribution is -2.36. The second-order valence-electron chi connectivity index (χ2n) is 7.74. The first-order valence-corrected chi connectivity index (χ1v) is 11.7. The fourth-order valence-electron chi connectivity index (χ4n) is 3.62. The molecule has 1 aliphatic rings. The van der Waals surface area contributed by atoms with E-state index in [2.05, 4.69) is 10.3 Å². The second kappa shape index (κ2) is 10.8. The van der Waals surface area contributed by atoms with Crippen molar-refractivity contribution >= 4 is 40.1 Å². The van der Waals surface area contributed by atoms with E-state index >= 15 is 0 Å². The summed E-state index contributed by atoms with van der Waals surface area (Å²) in [7, 11) is 1.62. The van der Waals surface area contributed by atoms with Crippen LogP contribution in [0.1, 0.15) is 21.6 Å². The van der Waals surface area contributed by atoms with Gasteiger partial charge in [-0.15, -0.1) is 11.3 Å². The lowest BCUT2D eigenvalue weighted by molar-refractivity contribution is -0.111. The Kier molecular flexibility index (Phi) is 7.44. The lowest BCUT2D eigenvalue weighted by atomic mass is 10.1. The van der Waals surface area contributed by atoms with Crippen LogP contribution >= 0.6 is 11.3 Å². The van der Waals surface area contributed by atoms with Gasteiger partial charge in [0.05, 0.1) is 25.9 Å². The van der Waals surface area contributed by atoms with Crippen LogP contribution in [0.4, 0.5) is 15.5 Å². The predicted molar refractivity (Wildman–Crippen MR) is 133 cm³/mol. The molecule has 4 rings (SSSR count). The zero-order valence-electron chi connectivity index (χ0n) is 18.8. The fourth-order valence-corrected chi connectivity index (χ4v) is 4.80. The molecule has 0 saturated heterocycles. The Morgan fingerprint density at radius 2 is 2.09 bits per heavy atom. The maximum absolute atomic E-state index is 12.6. The average molecular weight is 479 g/mol. The lowest BCUT2D eigenvalue weighted by Gasteiger charge is -2.26. The van der Waals surface area contributed by atoms with Gasteiger partial charge in [-0.2, -0.15) is 0 Å². The van der Waals surface area contributed by atoms with Gasteiger partial charge in [0.15, 0.2) is 0 Å². The van der Waals surface area contributed by atoms with E-state index in [1.807, 2.05) is 30.3 Å². The molecule has 176 valence electrons. The Labute approximate surface area is 202 Å². The highest BCUT2D eigenvalue weighted by atomic mass is 32.1. The van der Waals surface area contributed by atoms with Crippen LogP contribution in [0.25, 0.3) is 6.08 Å². The molecule has 1 aromatic carbocycles. The van der Waals surface area contributed by atoms with Crippen LogP contribution in [0, 0.1) is 0 Å². The molecular weight excluding hydrogens is 452 g/mol. The van der Waals surface area contributed by atoms with E-state index in [9.17, 15) is 9.59 Å². The summed E-state index contributed by atoms with van der Waals surface area (Å²) in [6.45, 7) is 1.22. The molecule has 0 bridgehead atoms. The number of fused-ring (bicyclic) bond motifs is 1. The summed E-state index contributed by atoms with van der Waals surface area (Å²) in [5.74, 6) is 0.518. The zero-order chi connectivity index (χ0) is 23.9. The van der Waals surface area contributed by atoms with E-state index in [1.54, 1.807) is 36.5 Å². The molecule has 0 saturated carbocycles. The smallest absolute Gasteiger partial charge is 0.410 e. The van der Waals surface area contributed by atoms with Gasteiger partial charge in [0.1, 0.15) is 10.8 Å². The molecule has 3 aromatic rings. The number of ether oxygens (including phenoxy) is 2. The molecule has 0 radical (unpaired) electrons. The number of nitrogen functional groups attached to an aromatic ring is 1. The van der Waals surface area contributed by atoms with Gasteiger partial charge in [0, 0.05) is 36.3 Å². The topological polar surface area (TPSA) is 107 Å². The number of rotatable bonds is 7. The molecular formula is C25H26N4O4S. The third kappa shape index (κ3) is 5.74. The van der Waals surface area contributed by atoms with Crippen LogP contribution in [0.15, 0.2) is 54.9 Å². The number of thiophene rings is 1. The molecule has 0 aliphatic carbocycles. The van der Waals surface area contributed by atoms with Crippen LogP contribution in [-0.2, 0) is 28.9 Å². The number of amides is 2. The molecule has 0 fully saturated rings. The molecule has 9 heteroatoms. The van der Waals surface area contributed by atoms with Gasteiger partial charge >= 0.3 is 6.09 Å². The van der Waals surface area contributed by atoms with Crippen LogP contribution in [-0.4, -0.2) is 42.1 Å². The van der Waals surface area contributed by atoms with E-state index in [1.165, 1.54) is 17.4 Å². The van der Waals surface area contributed by atoms with Crippen molar-refractivity contribution in [2.24, 2.45) is 0 Å². The minimum Gasteiger partial charge on any atom is -0.497 e. The SMILES string of the molecule is COc1ccc(CCOC(=O)N2CCc3c(sc(NC(=O)/C=C/c4cccnc4)c3N)C2)cc1. The Morgan fingerprint density at radius 1 is 1.26 bits per heavy atom. The molecule has 0 unspecified atom stereocenters. The molecule has 0 spiro atoms. The van der Waals surface area contributed by atoms with Crippen molar-refractivity contribution in [1.82, 2.24) is 9.88 Å². The van der Waals surface area contributed by atoms with Crippen molar-refractivity contribution in [3.63, 3.8) is 0 Å². The molecule has 2 amide bonds. The summed E-state index contributed by atoms with van der Waals surface area (Å²) < 4.78 is 10.6. The summed E-state index contributed by atoms with van der Waals surface area (Å²) >= 11 is 1.39. The zero-order valence-corrected chi connectivity index (χ0v) is 19.6. The quantitative estimate of drug-likeness (QED) is 0.495. The van der Waals surface area contributed by atoms with Crippen molar-refractivity contribution < 1.29 is 19.1 Å². The third-order valence-electron chi connectivity index (χ3n) is 5.48. The Balaban J connectivity index is 1.30.